The zero-order valence-corrected chi connectivity index (χ0v) is 12.4. The van der Waals surface area contributed by atoms with Crippen molar-refractivity contribution in [1.29, 1.82) is 0 Å². The molecule has 3 N–H and O–H groups in total. The van der Waals surface area contributed by atoms with Crippen LogP contribution < -0.4 is 16.0 Å². The number of amides is 2. The van der Waals surface area contributed by atoms with Crippen LogP contribution in [0.3, 0.4) is 0 Å². The number of rotatable bonds is 6. The van der Waals surface area contributed by atoms with Gasteiger partial charge in [-0.25, -0.2) is 0 Å². The lowest BCUT2D eigenvalue weighted by Gasteiger charge is -2.14. The topological polar surface area (TPSA) is 79.5 Å². The molecule has 2 amide bonds. The Bertz CT molecular complexity index is 531. The van der Waals surface area contributed by atoms with Crippen molar-refractivity contribution in [3.8, 4) is 0 Å². The average Bonchev–Trinajstić information content (AvgIpc) is 2.94. The van der Waals surface area contributed by atoms with E-state index in [0.29, 0.717) is 18.7 Å². The number of benzene rings is 1. The second-order valence-electron chi connectivity index (χ2n) is 5.07. The van der Waals surface area contributed by atoms with Gasteiger partial charge >= 0.3 is 0 Å². The lowest BCUT2D eigenvalue weighted by Crippen LogP contribution is -2.45. The maximum atomic E-state index is 12.2. The second-order valence-corrected chi connectivity index (χ2v) is 5.07. The zero-order chi connectivity index (χ0) is 15.2. The van der Waals surface area contributed by atoms with Crippen molar-refractivity contribution in [2.75, 3.05) is 20.3 Å². The van der Waals surface area contributed by atoms with Gasteiger partial charge in [0.15, 0.2) is 0 Å². The molecule has 1 aromatic carbocycles. The Labute approximate surface area is 124 Å². The highest BCUT2D eigenvalue weighted by atomic mass is 16.5. The average molecular weight is 291 g/mol. The van der Waals surface area contributed by atoms with Crippen LogP contribution in [0.1, 0.15) is 28.4 Å². The van der Waals surface area contributed by atoms with E-state index in [1.165, 1.54) is 5.56 Å². The first kappa shape index (κ1) is 15.5. The van der Waals surface area contributed by atoms with Gasteiger partial charge in [0.05, 0.1) is 6.61 Å². The molecule has 0 saturated heterocycles. The van der Waals surface area contributed by atoms with Gasteiger partial charge in [-0.05, 0) is 30.2 Å². The van der Waals surface area contributed by atoms with Gasteiger partial charge in [-0.1, -0.05) is 6.07 Å². The lowest BCUT2D eigenvalue weighted by atomic mass is 10.1. The van der Waals surface area contributed by atoms with Crippen LogP contribution in [0, 0.1) is 0 Å². The largest absolute Gasteiger partial charge is 0.383 e. The third-order valence-electron chi connectivity index (χ3n) is 3.45. The molecule has 6 heteroatoms. The van der Waals surface area contributed by atoms with Gasteiger partial charge in [0.2, 0.25) is 5.91 Å². The molecule has 0 aromatic heterocycles. The normalized spacial score (nSPS) is 14.4. The summed E-state index contributed by atoms with van der Waals surface area (Å²) in [5, 5.41) is 8.63. The standard InChI is InChI=1S/C15H21N3O3/c1-10(14(19)17-5-6-21-2)18-15(20)11-3-4-12-8-16-9-13(12)7-11/h3-4,7,10,16H,5-6,8-9H2,1-2H3,(H,17,19)(H,18,20). The van der Waals surface area contributed by atoms with E-state index < -0.39 is 6.04 Å². The fourth-order valence-electron chi connectivity index (χ4n) is 2.21. The number of carbonyl (C=O) groups is 2. The summed E-state index contributed by atoms with van der Waals surface area (Å²) in [6.45, 7) is 4.16. The van der Waals surface area contributed by atoms with Crippen molar-refractivity contribution in [1.82, 2.24) is 16.0 Å². The van der Waals surface area contributed by atoms with Crippen molar-refractivity contribution in [3.63, 3.8) is 0 Å². The van der Waals surface area contributed by atoms with Crippen LogP contribution in [-0.4, -0.2) is 38.1 Å². The number of nitrogens with one attached hydrogen (secondary N) is 3. The Morgan fingerprint density at radius 3 is 2.86 bits per heavy atom. The minimum Gasteiger partial charge on any atom is -0.383 e. The molecule has 0 fully saturated rings. The van der Waals surface area contributed by atoms with Gasteiger partial charge in [0.1, 0.15) is 6.04 Å². The first-order valence-corrected chi connectivity index (χ1v) is 7.02. The van der Waals surface area contributed by atoms with Crippen molar-refractivity contribution in [3.05, 3.63) is 34.9 Å². The van der Waals surface area contributed by atoms with Gasteiger partial charge in [-0.3, -0.25) is 9.59 Å². The number of methoxy groups -OCH3 is 1. The highest BCUT2D eigenvalue weighted by Crippen LogP contribution is 2.17. The van der Waals surface area contributed by atoms with E-state index in [0.717, 1.165) is 18.7 Å². The third-order valence-corrected chi connectivity index (χ3v) is 3.45. The molecule has 0 radical (unpaired) electrons. The Hall–Kier alpha value is -1.92. The van der Waals surface area contributed by atoms with Gasteiger partial charge in [0, 0.05) is 32.3 Å². The number of ether oxygens (including phenoxy) is 1. The van der Waals surface area contributed by atoms with Crippen molar-refractivity contribution in [2.24, 2.45) is 0 Å². The molecule has 1 atom stereocenters. The smallest absolute Gasteiger partial charge is 0.251 e. The SMILES string of the molecule is COCCNC(=O)C(C)NC(=O)c1ccc2c(c1)CNC2. The van der Waals surface area contributed by atoms with E-state index >= 15 is 0 Å². The summed E-state index contributed by atoms with van der Waals surface area (Å²) in [5.41, 5.74) is 2.94. The Morgan fingerprint density at radius 2 is 2.10 bits per heavy atom. The van der Waals surface area contributed by atoms with E-state index in [9.17, 15) is 9.59 Å². The van der Waals surface area contributed by atoms with E-state index in [4.69, 9.17) is 4.74 Å². The molecule has 21 heavy (non-hydrogen) atoms. The fourth-order valence-corrected chi connectivity index (χ4v) is 2.21. The molecule has 2 rings (SSSR count). The molecule has 0 saturated carbocycles. The molecule has 1 aliphatic heterocycles. The molecule has 0 bridgehead atoms. The predicted molar refractivity (Wildman–Crippen MR) is 78.8 cm³/mol. The molecule has 1 aliphatic rings. The number of hydrogen-bond donors (Lipinski definition) is 3. The highest BCUT2D eigenvalue weighted by Gasteiger charge is 2.18. The molecule has 0 spiro atoms. The molecule has 0 aliphatic carbocycles. The van der Waals surface area contributed by atoms with E-state index in [2.05, 4.69) is 16.0 Å². The van der Waals surface area contributed by atoms with Crippen LogP contribution in [0.5, 0.6) is 0 Å². The van der Waals surface area contributed by atoms with Crippen LogP contribution in [-0.2, 0) is 22.6 Å². The second kappa shape index (κ2) is 7.19. The number of hydrogen-bond acceptors (Lipinski definition) is 4. The van der Waals surface area contributed by atoms with Gasteiger partial charge in [0.25, 0.3) is 5.91 Å². The van der Waals surface area contributed by atoms with Crippen molar-refractivity contribution >= 4 is 11.8 Å². The van der Waals surface area contributed by atoms with E-state index in [-0.39, 0.29) is 11.8 Å². The van der Waals surface area contributed by atoms with Crippen LogP contribution in [0.15, 0.2) is 18.2 Å². The molecule has 1 aromatic rings. The summed E-state index contributed by atoms with van der Waals surface area (Å²) >= 11 is 0. The zero-order valence-electron chi connectivity index (χ0n) is 12.4. The fraction of sp³-hybridized carbons (Fsp3) is 0.467. The summed E-state index contributed by atoms with van der Waals surface area (Å²) < 4.78 is 4.86. The van der Waals surface area contributed by atoms with Crippen molar-refractivity contribution < 1.29 is 14.3 Å². The molecule has 1 unspecified atom stereocenters. The Kier molecular flexibility index (Phi) is 5.30. The molecular formula is C15H21N3O3. The van der Waals surface area contributed by atoms with Gasteiger partial charge < -0.3 is 20.7 Å². The molecule has 1 heterocycles. The maximum absolute atomic E-state index is 12.2. The van der Waals surface area contributed by atoms with Gasteiger partial charge in [-0.2, -0.15) is 0 Å². The van der Waals surface area contributed by atoms with Crippen LogP contribution in [0.4, 0.5) is 0 Å². The summed E-state index contributed by atoms with van der Waals surface area (Å²) in [7, 11) is 1.57. The quantitative estimate of drug-likeness (QED) is 0.653. The number of fused-ring (bicyclic) bond motifs is 1. The lowest BCUT2D eigenvalue weighted by molar-refractivity contribution is -0.122. The summed E-state index contributed by atoms with van der Waals surface area (Å²) in [5.74, 6) is -0.456. The molecule has 6 nitrogen and oxygen atoms in total. The summed E-state index contributed by atoms with van der Waals surface area (Å²) in [6.07, 6.45) is 0. The maximum Gasteiger partial charge on any atom is 0.251 e. The van der Waals surface area contributed by atoms with E-state index in [1.807, 2.05) is 12.1 Å². The third kappa shape index (κ3) is 4.03. The van der Waals surface area contributed by atoms with Crippen LogP contribution >= 0.6 is 0 Å². The Morgan fingerprint density at radius 1 is 1.33 bits per heavy atom. The minimum atomic E-state index is -0.583. The minimum absolute atomic E-state index is 0.219. The number of carbonyl (C=O) groups excluding carboxylic acids is 2. The predicted octanol–water partition coefficient (Wildman–Crippen LogP) is 0.171. The first-order chi connectivity index (χ1) is 10.1. The summed E-state index contributed by atoms with van der Waals surface area (Å²) in [4.78, 5) is 23.9. The van der Waals surface area contributed by atoms with Crippen LogP contribution in [0.2, 0.25) is 0 Å². The van der Waals surface area contributed by atoms with Crippen LogP contribution in [0.25, 0.3) is 0 Å². The van der Waals surface area contributed by atoms with Gasteiger partial charge in [-0.15, -0.1) is 0 Å². The monoisotopic (exact) mass is 291 g/mol. The highest BCUT2D eigenvalue weighted by molar-refractivity contribution is 5.97. The van der Waals surface area contributed by atoms with Crippen molar-refractivity contribution in [2.45, 2.75) is 26.1 Å². The molecule has 114 valence electrons. The summed E-state index contributed by atoms with van der Waals surface area (Å²) in [6, 6.07) is 5.03. The van der Waals surface area contributed by atoms with E-state index in [1.54, 1.807) is 20.1 Å². The first-order valence-electron chi connectivity index (χ1n) is 7.02. The Balaban J connectivity index is 1.90. The molecular weight excluding hydrogens is 270 g/mol.